The van der Waals surface area contributed by atoms with Gasteiger partial charge in [-0.25, -0.2) is 8.42 Å². The number of hydrogen-bond donors (Lipinski definition) is 1. The summed E-state index contributed by atoms with van der Waals surface area (Å²) in [6.07, 6.45) is 1.87. The Kier molecular flexibility index (Phi) is 2.71. The number of thioether (sulfide) groups is 1. The SMILES string of the molecule is CSc1ccc2c(c1)S(=O)(=O)C(C)C(=O)N2. The molecule has 86 valence electrons. The van der Waals surface area contributed by atoms with Crippen LogP contribution >= 0.6 is 11.8 Å². The molecular formula is C10H11NO3S2. The van der Waals surface area contributed by atoms with Crippen molar-refractivity contribution >= 4 is 33.2 Å². The predicted octanol–water partition coefficient (Wildman–Crippen LogP) is 1.52. The number of amides is 1. The van der Waals surface area contributed by atoms with Gasteiger partial charge in [-0.3, -0.25) is 4.79 Å². The molecule has 1 amide bonds. The lowest BCUT2D eigenvalue weighted by Gasteiger charge is -2.22. The fourth-order valence-electron chi connectivity index (χ4n) is 1.53. The molecule has 1 unspecified atom stereocenters. The van der Waals surface area contributed by atoms with Crippen LogP contribution in [0.15, 0.2) is 28.0 Å². The molecule has 1 aromatic carbocycles. The standard InChI is InChI=1S/C10H11NO3S2/c1-6-10(12)11-8-4-3-7(15-2)5-9(8)16(6,13)14/h3-6H,1-2H3,(H,11,12). The number of carbonyl (C=O) groups excluding carboxylic acids is 1. The van der Waals surface area contributed by atoms with Gasteiger partial charge in [0.05, 0.1) is 10.6 Å². The van der Waals surface area contributed by atoms with Crippen molar-refractivity contribution in [2.45, 2.75) is 22.0 Å². The van der Waals surface area contributed by atoms with E-state index in [2.05, 4.69) is 5.32 Å². The Morgan fingerprint density at radius 3 is 2.69 bits per heavy atom. The summed E-state index contributed by atoms with van der Waals surface area (Å²) in [6.45, 7) is 1.40. The summed E-state index contributed by atoms with van der Waals surface area (Å²) in [4.78, 5) is 12.5. The molecule has 0 bridgehead atoms. The second-order valence-electron chi connectivity index (χ2n) is 3.54. The molecule has 1 N–H and O–H groups in total. The molecule has 0 aliphatic carbocycles. The van der Waals surface area contributed by atoms with Crippen molar-refractivity contribution in [2.24, 2.45) is 0 Å². The zero-order valence-corrected chi connectivity index (χ0v) is 10.5. The van der Waals surface area contributed by atoms with Crippen molar-refractivity contribution in [3.05, 3.63) is 18.2 Å². The first-order valence-corrected chi connectivity index (χ1v) is 7.46. The summed E-state index contributed by atoms with van der Waals surface area (Å²) < 4.78 is 24.0. The van der Waals surface area contributed by atoms with Gasteiger partial charge in [-0.2, -0.15) is 0 Å². The minimum absolute atomic E-state index is 0.214. The summed E-state index contributed by atoms with van der Waals surface area (Å²) in [5.74, 6) is -0.468. The fourth-order valence-corrected chi connectivity index (χ4v) is 3.49. The Bertz CT molecular complexity index is 551. The van der Waals surface area contributed by atoms with Crippen LogP contribution in [0.1, 0.15) is 6.92 Å². The largest absolute Gasteiger partial charge is 0.324 e. The van der Waals surface area contributed by atoms with Crippen LogP contribution in [0.5, 0.6) is 0 Å². The smallest absolute Gasteiger partial charge is 0.242 e. The molecule has 1 atom stereocenters. The van der Waals surface area contributed by atoms with Crippen molar-refractivity contribution in [2.75, 3.05) is 11.6 Å². The zero-order chi connectivity index (χ0) is 11.9. The summed E-state index contributed by atoms with van der Waals surface area (Å²) in [5.41, 5.74) is 0.376. The van der Waals surface area contributed by atoms with E-state index in [-0.39, 0.29) is 4.90 Å². The quantitative estimate of drug-likeness (QED) is 0.775. The monoisotopic (exact) mass is 257 g/mol. The highest BCUT2D eigenvalue weighted by Gasteiger charge is 2.36. The molecule has 1 aliphatic heterocycles. The Hall–Kier alpha value is -1.01. The molecule has 0 fully saturated rings. The zero-order valence-electron chi connectivity index (χ0n) is 8.85. The number of anilines is 1. The molecule has 4 nitrogen and oxygen atoms in total. The summed E-state index contributed by atoms with van der Waals surface area (Å²) >= 11 is 1.47. The topological polar surface area (TPSA) is 63.2 Å². The van der Waals surface area contributed by atoms with Gasteiger partial charge in [-0.1, -0.05) is 0 Å². The van der Waals surface area contributed by atoms with Gasteiger partial charge in [0.25, 0.3) is 0 Å². The normalized spacial score (nSPS) is 22.4. The van der Waals surface area contributed by atoms with Gasteiger partial charge in [0, 0.05) is 4.90 Å². The van der Waals surface area contributed by atoms with Gasteiger partial charge in [-0.05, 0) is 31.4 Å². The Labute approximate surface area is 98.3 Å². The molecule has 0 spiro atoms. The van der Waals surface area contributed by atoms with E-state index >= 15 is 0 Å². The number of rotatable bonds is 1. The van der Waals surface area contributed by atoms with Crippen molar-refractivity contribution in [3.63, 3.8) is 0 Å². The maximum atomic E-state index is 12.0. The average molecular weight is 257 g/mol. The Morgan fingerprint density at radius 1 is 1.38 bits per heavy atom. The number of benzene rings is 1. The van der Waals surface area contributed by atoms with Gasteiger partial charge in [-0.15, -0.1) is 11.8 Å². The number of carbonyl (C=O) groups is 1. The highest BCUT2D eigenvalue weighted by molar-refractivity contribution is 7.98. The fraction of sp³-hybridized carbons (Fsp3) is 0.300. The average Bonchev–Trinajstić information content (AvgIpc) is 2.26. The molecule has 1 aliphatic rings. The molecule has 1 heterocycles. The lowest BCUT2D eigenvalue weighted by atomic mass is 10.3. The van der Waals surface area contributed by atoms with E-state index in [0.717, 1.165) is 4.90 Å². The van der Waals surface area contributed by atoms with E-state index in [4.69, 9.17) is 0 Å². The number of fused-ring (bicyclic) bond motifs is 1. The van der Waals surface area contributed by atoms with Gasteiger partial charge in [0.1, 0.15) is 5.25 Å². The second kappa shape index (κ2) is 3.78. The molecule has 16 heavy (non-hydrogen) atoms. The third kappa shape index (κ3) is 1.62. The van der Waals surface area contributed by atoms with Crippen LogP contribution in [0.2, 0.25) is 0 Å². The third-order valence-corrected chi connectivity index (χ3v) is 5.41. The van der Waals surface area contributed by atoms with Crippen LogP contribution < -0.4 is 5.32 Å². The molecule has 0 aromatic heterocycles. The molecule has 6 heteroatoms. The van der Waals surface area contributed by atoms with Crippen molar-refractivity contribution < 1.29 is 13.2 Å². The predicted molar refractivity (Wildman–Crippen MR) is 63.5 cm³/mol. The van der Waals surface area contributed by atoms with Crippen LogP contribution in [0, 0.1) is 0 Å². The van der Waals surface area contributed by atoms with E-state index in [9.17, 15) is 13.2 Å². The summed E-state index contributed by atoms with van der Waals surface area (Å²) in [7, 11) is -3.53. The van der Waals surface area contributed by atoms with E-state index in [1.807, 2.05) is 6.26 Å². The number of hydrogen-bond acceptors (Lipinski definition) is 4. The maximum Gasteiger partial charge on any atom is 0.242 e. The molecule has 0 radical (unpaired) electrons. The van der Waals surface area contributed by atoms with Crippen molar-refractivity contribution in [1.82, 2.24) is 0 Å². The van der Waals surface area contributed by atoms with E-state index in [1.165, 1.54) is 18.7 Å². The van der Waals surface area contributed by atoms with Crippen molar-refractivity contribution in [3.8, 4) is 0 Å². The minimum Gasteiger partial charge on any atom is -0.324 e. The lowest BCUT2D eigenvalue weighted by Crippen LogP contribution is -2.37. The van der Waals surface area contributed by atoms with E-state index in [1.54, 1.807) is 18.2 Å². The van der Waals surface area contributed by atoms with Crippen LogP contribution in [0.3, 0.4) is 0 Å². The highest BCUT2D eigenvalue weighted by Crippen LogP contribution is 2.33. The first-order chi connectivity index (χ1) is 7.46. The van der Waals surface area contributed by atoms with E-state index < -0.39 is 21.0 Å². The van der Waals surface area contributed by atoms with Gasteiger partial charge < -0.3 is 5.32 Å². The summed E-state index contributed by atoms with van der Waals surface area (Å²) in [6, 6.07) is 5.02. The minimum atomic E-state index is -3.53. The van der Waals surface area contributed by atoms with E-state index in [0.29, 0.717) is 5.69 Å². The Morgan fingerprint density at radius 2 is 2.06 bits per heavy atom. The van der Waals surface area contributed by atoms with Crippen LogP contribution in [-0.4, -0.2) is 25.8 Å². The van der Waals surface area contributed by atoms with Crippen molar-refractivity contribution in [1.29, 1.82) is 0 Å². The number of sulfone groups is 1. The number of nitrogens with one attached hydrogen (secondary N) is 1. The van der Waals surface area contributed by atoms with Gasteiger partial charge in [0.2, 0.25) is 5.91 Å². The summed E-state index contributed by atoms with van der Waals surface area (Å²) in [5, 5.41) is 1.57. The van der Waals surface area contributed by atoms with Gasteiger partial charge >= 0.3 is 0 Å². The van der Waals surface area contributed by atoms with Crippen LogP contribution in [0.4, 0.5) is 5.69 Å². The Balaban J connectivity index is 2.67. The first kappa shape index (κ1) is 11.5. The molecule has 1 aromatic rings. The lowest BCUT2D eigenvalue weighted by molar-refractivity contribution is -0.115. The molecular weight excluding hydrogens is 246 g/mol. The molecule has 0 saturated carbocycles. The highest BCUT2D eigenvalue weighted by atomic mass is 32.2. The van der Waals surface area contributed by atoms with Gasteiger partial charge in [0.15, 0.2) is 9.84 Å². The third-order valence-electron chi connectivity index (χ3n) is 2.59. The van der Waals surface area contributed by atoms with Crippen LogP contribution in [0.25, 0.3) is 0 Å². The van der Waals surface area contributed by atoms with Crippen LogP contribution in [-0.2, 0) is 14.6 Å². The molecule has 0 saturated heterocycles. The second-order valence-corrected chi connectivity index (χ2v) is 6.66. The molecule has 2 rings (SSSR count). The maximum absolute atomic E-state index is 12.0. The first-order valence-electron chi connectivity index (χ1n) is 4.69.